The number of ether oxygens (including phenoxy) is 3. The molecule has 39 heavy (non-hydrogen) atoms. The summed E-state index contributed by atoms with van der Waals surface area (Å²) in [6.07, 6.45) is 3.72. The standard InChI is InChI=1S/C27H27Cl3N2O6S/c1-36-23(26(34)35)14-19-20(29)12-17(13-21(19)30)25(33)32-27-31-22(15-39-27)18-7-5-6-16(24(18)37-2)8-11-38-10-4-3-9-28/h5-7,12-15H,3-4,8-11H2,1-2H3,(H,34,35)(H,31,32,33)/b23-14-. The Morgan fingerprint density at radius 1 is 1.13 bits per heavy atom. The van der Waals surface area contributed by atoms with Crippen LogP contribution in [0.25, 0.3) is 17.3 Å². The van der Waals surface area contributed by atoms with Crippen LogP contribution in [0.1, 0.15) is 34.3 Å². The first-order valence-corrected chi connectivity index (χ1v) is 14.0. The van der Waals surface area contributed by atoms with E-state index in [0.717, 1.165) is 24.0 Å². The van der Waals surface area contributed by atoms with Crippen LogP contribution < -0.4 is 10.1 Å². The van der Waals surface area contributed by atoms with Gasteiger partial charge in [0.1, 0.15) is 5.75 Å². The van der Waals surface area contributed by atoms with Crippen molar-refractivity contribution in [3.63, 3.8) is 0 Å². The van der Waals surface area contributed by atoms with Gasteiger partial charge in [-0.15, -0.1) is 22.9 Å². The third kappa shape index (κ3) is 8.33. The van der Waals surface area contributed by atoms with Crippen molar-refractivity contribution in [1.82, 2.24) is 4.98 Å². The summed E-state index contributed by atoms with van der Waals surface area (Å²) in [6, 6.07) is 8.60. The lowest BCUT2D eigenvalue weighted by molar-refractivity contribution is -0.135. The summed E-state index contributed by atoms with van der Waals surface area (Å²) >= 11 is 19.5. The SMILES string of the molecule is CO/C(=C\c1c(Cl)cc(C(=O)Nc2nc(-c3cccc(CCOCCCCCl)c3OC)cs2)cc1Cl)C(=O)O. The van der Waals surface area contributed by atoms with E-state index in [4.69, 9.17) is 54.1 Å². The number of hydrogen-bond acceptors (Lipinski definition) is 7. The fraction of sp³-hybridized carbons (Fsp3) is 0.296. The normalized spacial score (nSPS) is 11.4. The number of benzene rings is 2. The maximum Gasteiger partial charge on any atom is 0.371 e. The molecular weight excluding hydrogens is 587 g/mol. The number of amides is 1. The van der Waals surface area contributed by atoms with E-state index in [2.05, 4.69) is 10.3 Å². The Morgan fingerprint density at radius 2 is 1.87 bits per heavy atom. The van der Waals surface area contributed by atoms with Crippen LogP contribution in [0.15, 0.2) is 41.5 Å². The maximum absolute atomic E-state index is 12.9. The monoisotopic (exact) mass is 612 g/mol. The molecule has 3 aromatic rings. The maximum atomic E-state index is 12.9. The number of carbonyl (C=O) groups excluding carboxylic acids is 1. The number of nitrogens with zero attached hydrogens (tertiary/aromatic N) is 1. The first-order chi connectivity index (χ1) is 18.8. The van der Waals surface area contributed by atoms with E-state index in [1.165, 1.54) is 36.7 Å². The Bertz CT molecular complexity index is 1320. The molecular formula is C27H27Cl3N2O6S. The van der Waals surface area contributed by atoms with Crippen LogP contribution in [0.5, 0.6) is 5.75 Å². The van der Waals surface area contributed by atoms with Crippen LogP contribution in [-0.2, 0) is 20.7 Å². The van der Waals surface area contributed by atoms with Gasteiger partial charge in [-0.3, -0.25) is 10.1 Å². The molecule has 0 aliphatic rings. The number of alkyl halides is 1. The molecule has 0 radical (unpaired) electrons. The number of carboxylic acid groups (broad SMARTS) is 1. The van der Waals surface area contributed by atoms with Crippen molar-refractivity contribution < 1.29 is 28.9 Å². The topological polar surface area (TPSA) is 107 Å². The Labute approximate surface area is 245 Å². The highest BCUT2D eigenvalue weighted by atomic mass is 35.5. The Kier molecular flexibility index (Phi) is 11.9. The molecule has 1 heterocycles. The predicted octanol–water partition coefficient (Wildman–Crippen LogP) is 7.03. The number of halogens is 3. The van der Waals surface area contributed by atoms with E-state index in [1.54, 1.807) is 7.11 Å². The lowest BCUT2D eigenvalue weighted by atomic mass is 10.0. The van der Waals surface area contributed by atoms with Gasteiger partial charge in [0.2, 0.25) is 5.76 Å². The molecule has 0 spiro atoms. The van der Waals surface area contributed by atoms with Crippen molar-refractivity contribution in [2.24, 2.45) is 0 Å². The van der Waals surface area contributed by atoms with Crippen molar-refractivity contribution >= 4 is 69.2 Å². The average Bonchev–Trinajstić information content (AvgIpc) is 3.38. The highest BCUT2D eigenvalue weighted by molar-refractivity contribution is 7.14. The molecule has 1 aromatic heterocycles. The summed E-state index contributed by atoms with van der Waals surface area (Å²) in [6.45, 7) is 1.22. The lowest BCUT2D eigenvalue weighted by Crippen LogP contribution is -2.12. The fourth-order valence-corrected chi connectivity index (χ4v) is 5.11. The number of carbonyl (C=O) groups is 2. The molecule has 3 rings (SSSR count). The number of unbranched alkanes of at least 4 members (excludes halogenated alkanes) is 1. The molecule has 0 aliphatic heterocycles. The number of nitrogens with one attached hydrogen (secondary N) is 1. The van der Waals surface area contributed by atoms with Crippen LogP contribution in [0, 0.1) is 0 Å². The number of rotatable bonds is 14. The van der Waals surface area contributed by atoms with E-state index in [1.807, 2.05) is 23.6 Å². The van der Waals surface area contributed by atoms with Crippen LogP contribution >= 0.6 is 46.1 Å². The summed E-state index contributed by atoms with van der Waals surface area (Å²) in [7, 11) is 2.83. The van der Waals surface area contributed by atoms with Gasteiger partial charge in [-0.2, -0.15) is 0 Å². The van der Waals surface area contributed by atoms with Gasteiger partial charge in [0.05, 0.1) is 36.6 Å². The molecule has 0 atom stereocenters. The summed E-state index contributed by atoms with van der Waals surface area (Å²) in [4.78, 5) is 28.7. The molecule has 0 saturated carbocycles. The van der Waals surface area contributed by atoms with Gasteiger partial charge < -0.3 is 19.3 Å². The van der Waals surface area contributed by atoms with Crippen molar-refractivity contribution in [1.29, 1.82) is 0 Å². The first-order valence-electron chi connectivity index (χ1n) is 11.8. The predicted molar refractivity (Wildman–Crippen MR) is 156 cm³/mol. The smallest absolute Gasteiger partial charge is 0.371 e. The summed E-state index contributed by atoms with van der Waals surface area (Å²) in [5, 5.41) is 14.3. The average molecular weight is 614 g/mol. The van der Waals surface area contributed by atoms with Crippen LogP contribution in [0.4, 0.5) is 5.13 Å². The zero-order valence-corrected chi connectivity index (χ0v) is 24.3. The van der Waals surface area contributed by atoms with Crippen LogP contribution in [0.3, 0.4) is 0 Å². The van der Waals surface area contributed by atoms with E-state index in [9.17, 15) is 9.59 Å². The van der Waals surface area contributed by atoms with Gasteiger partial charge in [-0.25, -0.2) is 9.78 Å². The quantitative estimate of drug-likeness (QED) is 0.0870. The molecule has 0 saturated heterocycles. The number of thiazole rings is 1. The number of para-hydroxylation sites is 1. The van der Waals surface area contributed by atoms with E-state index in [-0.39, 0.29) is 26.9 Å². The summed E-state index contributed by atoms with van der Waals surface area (Å²) < 4.78 is 16.2. The highest BCUT2D eigenvalue weighted by Crippen LogP contribution is 2.35. The fourth-order valence-electron chi connectivity index (χ4n) is 3.62. The van der Waals surface area contributed by atoms with E-state index in [0.29, 0.717) is 42.1 Å². The van der Waals surface area contributed by atoms with Gasteiger partial charge in [0.25, 0.3) is 5.91 Å². The largest absolute Gasteiger partial charge is 0.496 e. The molecule has 0 aliphatic carbocycles. The molecule has 8 nitrogen and oxygen atoms in total. The zero-order chi connectivity index (χ0) is 28.4. The minimum Gasteiger partial charge on any atom is -0.496 e. The molecule has 2 aromatic carbocycles. The second-order valence-corrected chi connectivity index (χ2v) is 10.2. The van der Waals surface area contributed by atoms with Crippen molar-refractivity contribution in [2.75, 3.05) is 38.6 Å². The van der Waals surface area contributed by atoms with Gasteiger partial charge >= 0.3 is 5.97 Å². The number of aliphatic carboxylic acids is 1. The number of methoxy groups -OCH3 is 2. The third-order valence-electron chi connectivity index (χ3n) is 5.54. The van der Waals surface area contributed by atoms with Gasteiger partial charge in [-0.1, -0.05) is 35.3 Å². The number of carboxylic acids is 1. The minimum atomic E-state index is -1.28. The third-order valence-corrected chi connectivity index (χ3v) is 7.19. The van der Waals surface area contributed by atoms with Crippen molar-refractivity contribution in [3.8, 4) is 17.0 Å². The second kappa shape index (κ2) is 15.1. The minimum absolute atomic E-state index is 0.0906. The lowest BCUT2D eigenvalue weighted by Gasteiger charge is -2.12. The van der Waals surface area contributed by atoms with E-state index >= 15 is 0 Å². The summed E-state index contributed by atoms with van der Waals surface area (Å²) in [5.41, 5.74) is 2.83. The molecule has 12 heteroatoms. The molecule has 0 unspecified atom stereocenters. The Balaban J connectivity index is 1.74. The van der Waals surface area contributed by atoms with Crippen LogP contribution in [-0.4, -0.2) is 55.3 Å². The molecule has 2 N–H and O–H groups in total. The number of aromatic nitrogens is 1. The zero-order valence-electron chi connectivity index (χ0n) is 21.3. The van der Waals surface area contributed by atoms with Crippen molar-refractivity contribution in [3.05, 3.63) is 68.2 Å². The molecule has 1 amide bonds. The van der Waals surface area contributed by atoms with Gasteiger partial charge in [-0.05, 0) is 49.1 Å². The second-order valence-electron chi connectivity index (χ2n) is 8.12. The molecule has 0 fully saturated rings. The Morgan fingerprint density at radius 3 is 2.51 bits per heavy atom. The molecule has 0 bridgehead atoms. The van der Waals surface area contributed by atoms with Crippen LogP contribution in [0.2, 0.25) is 10.0 Å². The van der Waals surface area contributed by atoms with Gasteiger partial charge in [0.15, 0.2) is 5.13 Å². The Hall–Kier alpha value is -2.82. The highest BCUT2D eigenvalue weighted by Gasteiger charge is 2.18. The van der Waals surface area contributed by atoms with Gasteiger partial charge in [0, 0.05) is 34.6 Å². The molecule has 208 valence electrons. The van der Waals surface area contributed by atoms with Crippen molar-refractivity contribution in [2.45, 2.75) is 19.3 Å². The van der Waals surface area contributed by atoms with E-state index < -0.39 is 11.9 Å². The summed E-state index contributed by atoms with van der Waals surface area (Å²) in [5.74, 6) is -0.776. The number of anilines is 1. The first kappa shape index (κ1) is 30.7. The number of hydrogen-bond donors (Lipinski definition) is 2.